The highest BCUT2D eigenvalue weighted by Gasteiger charge is 2.27. The molecule has 0 radical (unpaired) electrons. The predicted molar refractivity (Wildman–Crippen MR) is 133 cm³/mol. The number of carbonyl (C=O) groups is 1. The first-order chi connectivity index (χ1) is 16.5. The summed E-state index contributed by atoms with van der Waals surface area (Å²) in [5.41, 5.74) is 2.91. The Labute approximate surface area is 202 Å². The number of benzene rings is 2. The fourth-order valence-corrected chi connectivity index (χ4v) is 5.34. The van der Waals surface area contributed by atoms with Gasteiger partial charge in [-0.3, -0.25) is 4.79 Å². The van der Waals surface area contributed by atoms with E-state index in [1.54, 1.807) is 10.9 Å². The molecule has 2 heterocycles. The van der Waals surface area contributed by atoms with Crippen molar-refractivity contribution in [3.63, 3.8) is 0 Å². The van der Waals surface area contributed by atoms with Gasteiger partial charge in [0.2, 0.25) is 0 Å². The fourth-order valence-electron chi connectivity index (χ4n) is 5.08. The number of ether oxygens (including phenoxy) is 1. The van der Waals surface area contributed by atoms with Crippen LogP contribution in [0.15, 0.2) is 59.7 Å². The van der Waals surface area contributed by atoms with Crippen LogP contribution in [-0.2, 0) is 18.4 Å². The zero-order valence-electron chi connectivity index (χ0n) is 19.0. The number of aromatic nitrogens is 3. The van der Waals surface area contributed by atoms with Gasteiger partial charge >= 0.3 is 6.09 Å². The van der Waals surface area contributed by atoms with Gasteiger partial charge in [0.15, 0.2) is 0 Å². The van der Waals surface area contributed by atoms with Crippen molar-refractivity contribution in [3.05, 3.63) is 75.8 Å². The van der Waals surface area contributed by atoms with Crippen molar-refractivity contribution in [2.45, 2.75) is 38.3 Å². The van der Waals surface area contributed by atoms with E-state index < -0.39 is 6.09 Å². The quantitative estimate of drug-likeness (QED) is 0.427. The minimum absolute atomic E-state index is 0.0219. The number of amides is 1. The molecule has 2 aromatic heterocycles. The summed E-state index contributed by atoms with van der Waals surface area (Å²) in [6.07, 6.45) is 4.92. The monoisotopic (exact) mass is 478 g/mol. The van der Waals surface area contributed by atoms with Gasteiger partial charge in [0, 0.05) is 25.0 Å². The normalized spacial score (nSPS) is 18.3. The molecule has 1 fully saturated rings. The molecule has 2 atom stereocenters. The molecule has 1 saturated carbocycles. The maximum absolute atomic E-state index is 13.6. The number of pyridine rings is 1. The van der Waals surface area contributed by atoms with Gasteiger partial charge in [-0.25, -0.2) is 9.78 Å². The van der Waals surface area contributed by atoms with Crippen molar-refractivity contribution >= 4 is 39.6 Å². The number of aryl methyl sites for hydroxylation is 1. The maximum Gasteiger partial charge on any atom is 0.407 e. The number of halogens is 1. The van der Waals surface area contributed by atoms with Crippen LogP contribution < -0.4 is 10.9 Å². The van der Waals surface area contributed by atoms with Gasteiger partial charge in [-0.2, -0.15) is 0 Å². The van der Waals surface area contributed by atoms with Crippen LogP contribution in [0, 0.1) is 5.92 Å². The van der Waals surface area contributed by atoms with Crippen LogP contribution in [0.5, 0.6) is 0 Å². The van der Waals surface area contributed by atoms with Crippen molar-refractivity contribution in [2.24, 2.45) is 13.0 Å². The summed E-state index contributed by atoms with van der Waals surface area (Å²) in [6.45, 7) is 0.762. The smallest absolute Gasteiger partial charge is 0.407 e. The third-order valence-electron chi connectivity index (χ3n) is 6.71. The first-order valence-corrected chi connectivity index (χ1v) is 12.0. The Balaban J connectivity index is 1.34. The molecule has 1 aliphatic rings. The predicted octanol–water partition coefficient (Wildman–Crippen LogP) is 5.20. The molecule has 7 nitrogen and oxygen atoms in total. The van der Waals surface area contributed by atoms with Gasteiger partial charge < -0.3 is 19.2 Å². The second kappa shape index (κ2) is 9.50. The van der Waals surface area contributed by atoms with Crippen molar-refractivity contribution in [1.82, 2.24) is 19.4 Å². The van der Waals surface area contributed by atoms with Gasteiger partial charge in [-0.05, 0) is 42.9 Å². The Hall–Kier alpha value is -3.32. The van der Waals surface area contributed by atoms with Crippen molar-refractivity contribution in [1.29, 1.82) is 0 Å². The average Bonchev–Trinajstić information content (AvgIpc) is 3.24. The van der Waals surface area contributed by atoms with E-state index in [1.807, 2.05) is 60.1 Å². The summed E-state index contributed by atoms with van der Waals surface area (Å²) in [5, 5.41) is 4.30. The maximum atomic E-state index is 13.6. The molecule has 1 N–H and O–H groups in total. The number of fused-ring (bicyclic) bond motifs is 3. The number of carbonyl (C=O) groups excluding carboxylic acids is 1. The Morgan fingerprint density at radius 2 is 2.00 bits per heavy atom. The highest BCUT2D eigenvalue weighted by atomic mass is 35.5. The summed E-state index contributed by atoms with van der Waals surface area (Å²) in [5.74, 6) is 0.256. The van der Waals surface area contributed by atoms with Crippen LogP contribution in [0.1, 0.15) is 37.3 Å². The lowest BCUT2D eigenvalue weighted by molar-refractivity contribution is 0.135. The van der Waals surface area contributed by atoms with Gasteiger partial charge in [0.1, 0.15) is 17.6 Å². The molecule has 1 aliphatic carbocycles. The van der Waals surface area contributed by atoms with E-state index >= 15 is 0 Å². The van der Waals surface area contributed by atoms with Gasteiger partial charge in [0.25, 0.3) is 5.56 Å². The molecule has 2 unspecified atom stereocenters. The van der Waals surface area contributed by atoms with Gasteiger partial charge in [0.05, 0.1) is 16.9 Å². The second-order valence-electron chi connectivity index (χ2n) is 8.99. The molecule has 0 aliphatic heterocycles. The van der Waals surface area contributed by atoms with E-state index in [9.17, 15) is 9.59 Å². The molecule has 0 saturated heterocycles. The molecule has 4 aromatic rings. The summed E-state index contributed by atoms with van der Waals surface area (Å²) in [6, 6.07) is 15.3. The first-order valence-electron chi connectivity index (χ1n) is 11.6. The van der Waals surface area contributed by atoms with E-state index in [1.165, 1.54) is 0 Å². The molecule has 1 amide bonds. The van der Waals surface area contributed by atoms with Crippen molar-refractivity contribution in [3.8, 4) is 0 Å². The van der Waals surface area contributed by atoms with Crippen LogP contribution in [0.4, 0.5) is 4.79 Å². The first kappa shape index (κ1) is 22.5. The molecule has 176 valence electrons. The van der Waals surface area contributed by atoms with Crippen molar-refractivity contribution in [2.75, 3.05) is 6.54 Å². The van der Waals surface area contributed by atoms with E-state index in [4.69, 9.17) is 16.3 Å². The number of alkyl carbamates (subject to hydrolysis) is 1. The van der Waals surface area contributed by atoms with Crippen LogP contribution in [0.2, 0.25) is 5.02 Å². The number of imidazole rings is 1. The zero-order valence-corrected chi connectivity index (χ0v) is 19.8. The highest BCUT2D eigenvalue weighted by molar-refractivity contribution is 6.37. The lowest BCUT2D eigenvalue weighted by Gasteiger charge is -2.31. The summed E-state index contributed by atoms with van der Waals surface area (Å²) in [7, 11) is 1.83. The Morgan fingerprint density at radius 3 is 2.82 bits per heavy atom. The summed E-state index contributed by atoms with van der Waals surface area (Å²) >= 11 is 6.57. The molecule has 8 heteroatoms. The third kappa shape index (κ3) is 4.28. The lowest BCUT2D eigenvalue weighted by Crippen LogP contribution is -2.35. The number of nitrogens with zero attached hydrogens (tertiary/aromatic N) is 3. The Bertz CT molecular complexity index is 1400. The molecule has 34 heavy (non-hydrogen) atoms. The molecule has 0 spiro atoms. The lowest BCUT2D eigenvalue weighted by atomic mass is 9.85. The topological polar surface area (TPSA) is 78.2 Å². The Morgan fingerprint density at radius 1 is 1.18 bits per heavy atom. The largest absolute Gasteiger partial charge is 0.445 e. The Kier molecular flexibility index (Phi) is 6.28. The molecule has 5 rings (SSSR count). The fraction of sp³-hybridized carbons (Fsp3) is 0.346. The molecular weight excluding hydrogens is 452 g/mol. The average molecular weight is 479 g/mol. The molecular formula is C26H27ClN4O3. The number of hydrogen-bond donors (Lipinski definition) is 1. The zero-order chi connectivity index (χ0) is 23.7. The summed E-state index contributed by atoms with van der Waals surface area (Å²) < 4.78 is 9.00. The minimum Gasteiger partial charge on any atom is -0.445 e. The van der Waals surface area contributed by atoms with Crippen LogP contribution >= 0.6 is 11.6 Å². The van der Waals surface area contributed by atoms with Crippen LogP contribution in [-0.4, -0.2) is 26.8 Å². The number of rotatable bonds is 5. The molecule has 0 bridgehead atoms. The molecule has 2 aromatic carbocycles. The van der Waals surface area contributed by atoms with E-state index in [-0.39, 0.29) is 24.1 Å². The SMILES string of the molecule is Cn1cnc2c3c(Cl)cccc3n(C3CCCC(CNC(=O)OCc4ccccc4)C3)c(=O)c21. The highest BCUT2D eigenvalue weighted by Crippen LogP contribution is 2.36. The third-order valence-corrected chi connectivity index (χ3v) is 7.03. The van der Waals surface area contributed by atoms with E-state index in [0.29, 0.717) is 22.6 Å². The second-order valence-corrected chi connectivity index (χ2v) is 9.40. The van der Waals surface area contributed by atoms with E-state index in [0.717, 1.165) is 42.1 Å². The van der Waals surface area contributed by atoms with Crippen LogP contribution in [0.25, 0.3) is 21.9 Å². The number of hydrogen-bond acceptors (Lipinski definition) is 4. The standard InChI is InChI=1S/C26H27ClN4O3/c1-30-16-29-23-22-20(27)11-6-12-21(22)31(25(32)24(23)30)19-10-5-9-18(13-19)14-28-26(33)34-15-17-7-3-2-4-8-17/h2-4,6-8,11-12,16,18-19H,5,9-10,13-15H2,1H3,(H,28,33). The van der Waals surface area contributed by atoms with Crippen molar-refractivity contribution < 1.29 is 9.53 Å². The number of nitrogens with one attached hydrogen (secondary N) is 1. The van der Waals surface area contributed by atoms with Crippen LogP contribution in [0.3, 0.4) is 0 Å². The summed E-state index contributed by atoms with van der Waals surface area (Å²) in [4.78, 5) is 30.3. The van der Waals surface area contributed by atoms with E-state index in [2.05, 4.69) is 10.3 Å². The van der Waals surface area contributed by atoms with Gasteiger partial charge in [-0.15, -0.1) is 0 Å². The minimum atomic E-state index is -0.420. The van der Waals surface area contributed by atoms with Gasteiger partial charge in [-0.1, -0.05) is 54.4 Å².